The molecule has 100 valence electrons. The lowest BCUT2D eigenvalue weighted by Gasteiger charge is -2.11. The van der Waals surface area contributed by atoms with Gasteiger partial charge in [-0.1, -0.05) is 18.2 Å². The summed E-state index contributed by atoms with van der Waals surface area (Å²) in [6.07, 6.45) is 0.0756. The van der Waals surface area contributed by atoms with Crippen LogP contribution in [-0.2, 0) is 4.74 Å². The van der Waals surface area contributed by atoms with Gasteiger partial charge in [0.15, 0.2) is 0 Å². The van der Waals surface area contributed by atoms with Crippen LogP contribution in [0.15, 0.2) is 30.3 Å². The Hall–Kier alpha value is -1.94. The van der Waals surface area contributed by atoms with Crippen molar-refractivity contribution >= 4 is 5.95 Å². The van der Waals surface area contributed by atoms with E-state index >= 15 is 0 Å². The van der Waals surface area contributed by atoms with Crippen molar-refractivity contribution in [2.45, 2.75) is 20.0 Å². The Balaban J connectivity index is 2.44. The van der Waals surface area contributed by atoms with Crippen LogP contribution in [0.5, 0.6) is 0 Å². The topological polar surface area (TPSA) is 47.0 Å². The summed E-state index contributed by atoms with van der Waals surface area (Å²) < 4.78 is 5.35. The molecule has 0 bridgehead atoms. The van der Waals surface area contributed by atoms with E-state index in [4.69, 9.17) is 4.74 Å². The van der Waals surface area contributed by atoms with E-state index in [1.54, 1.807) is 7.11 Å². The highest BCUT2D eigenvalue weighted by Gasteiger charge is 2.08. The van der Waals surface area contributed by atoms with Crippen molar-refractivity contribution in [1.82, 2.24) is 9.97 Å². The first-order chi connectivity index (χ1) is 9.13. The molecule has 0 unspecified atom stereocenters. The van der Waals surface area contributed by atoms with Crippen molar-refractivity contribution in [3.63, 3.8) is 0 Å². The van der Waals surface area contributed by atoms with Gasteiger partial charge in [-0.15, -0.1) is 0 Å². The third-order valence-corrected chi connectivity index (χ3v) is 3.08. The fourth-order valence-corrected chi connectivity index (χ4v) is 1.92. The average molecular weight is 257 g/mol. The second-order valence-electron chi connectivity index (χ2n) is 4.47. The van der Waals surface area contributed by atoms with Crippen LogP contribution in [0.1, 0.15) is 24.3 Å². The largest absolute Gasteiger partial charge is 0.377 e. The summed E-state index contributed by atoms with van der Waals surface area (Å²) >= 11 is 0. The summed E-state index contributed by atoms with van der Waals surface area (Å²) in [6.45, 7) is 4.00. The van der Waals surface area contributed by atoms with Gasteiger partial charge in [-0.3, -0.25) is 0 Å². The molecular weight excluding hydrogens is 238 g/mol. The summed E-state index contributed by atoms with van der Waals surface area (Å²) in [5.41, 5.74) is 4.08. The van der Waals surface area contributed by atoms with E-state index in [0.29, 0.717) is 5.95 Å². The zero-order valence-electron chi connectivity index (χ0n) is 11.8. The second-order valence-corrected chi connectivity index (χ2v) is 4.47. The van der Waals surface area contributed by atoms with Crippen molar-refractivity contribution in [2.75, 3.05) is 19.5 Å². The SMILES string of the molecule is CNc1nc(C)cc(-c2cccc([C@H](C)OC)c2)n1. The van der Waals surface area contributed by atoms with Gasteiger partial charge in [0.05, 0.1) is 11.8 Å². The standard InChI is InChI=1S/C15H19N3O/c1-10-8-14(18-15(16-3)17-10)13-7-5-6-12(9-13)11(2)19-4/h5-9,11H,1-4H3,(H,16,17,18)/t11-/m0/s1. The molecule has 0 radical (unpaired) electrons. The predicted molar refractivity (Wildman–Crippen MR) is 77.2 cm³/mol. The Morgan fingerprint density at radius 1 is 1.21 bits per heavy atom. The second kappa shape index (κ2) is 5.80. The molecule has 2 aromatic rings. The van der Waals surface area contributed by atoms with Crippen LogP contribution in [0.3, 0.4) is 0 Å². The number of aromatic nitrogens is 2. The van der Waals surface area contributed by atoms with Crippen LogP contribution in [0.2, 0.25) is 0 Å². The summed E-state index contributed by atoms with van der Waals surface area (Å²) in [6, 6.07) is 10.2. The van der Waals surface area contributed by atoms with Gasteiger partial charge in [0.2, 0.25) is 5.95 Å². The Morgan fingerprint density at radius 3 is 2.68 bits per heavy atom. The van der Waals surface area contributed by atoms with E-state index < -0.39 is 0 Å². The Kier molecular flexibility index (Phi) is 4.12. The zero-order valence-corrected chi connectivity index (χ0v) is 11.8. The van der Waals surface area contributed by atoms with Crippen molar-refractivity contribution in [3.05, 3.63) is 41.6 Å². The number of nitrogens with zero attached hydrogens (tertiary/aromatic N) is 2. The number of methoxy groups -OCH3 is 1. The van der Waals surface area contributed by atoms with Crippen LogP contribution in [0, 0.1) is 6.92 Å². The number of rotatable bonds is 4. The van der Waals surface area contributed by atoms with Crippen molar-refractivity contribution in [3.8, 4) is 11.3 Å². The molecule has 0 amide bonds. The van der Waals surface area contributed by atoms with E-state index in [2.05, 4.69) is 27.4 Å². The minimum atomic E-state index is 0.0756. The fraction of sp³-hybridized carbons (Fsp3) is 0.333. The summed E-state index contributed by atoms with van der Waals surface area (Å²) in [5.74, 6) is 0.639. The third kappa shape index (κ3) is 3.09. The minimum absolute atomic E-state index is 0.0756. The molecule has 2 rings (SSSR count). The number of nitrogens with one attached hydrogen (secondary N) is 1. The van der Waals surface area contributed by atoms with Crippen LogP contribution in [0.4, 0.5) is 5.95 Å². The lowest BCUT2D eigenvalue weighted by molar-refractivity contribution is 0.119. The van der Waals surface area contributed by atoms with Crippen LogP contribution in [0.25, 0.3) is 11.3 Å². The fourth-order valence-electron chi connectivity index (χ4n) is 1.92. The number of hydrogen-bond acceptors (Lipinski definition) is 4. The summed E-state index contributed by atoms with van der Waals surface area (Å²) in [7, 11) is 3.53. The molecule has 0 aliphatic heterocycles. The number of aryl methyl sites for hydroxylation is 1. The Morgan fingerprint density at radius 2 is 2.00 bits per heavy atom. The smallest absolute Gasteiger partial charge is 0.223 e. The number of hydrogen-bond donors (Lipinski definition) is 1. The zero-order chi connectivity index (χ0) is 13.8. The molecule has 0 spiro atoms. The lowest BCUT2D eigenvalue weighted by Crippen LogP contribution is -2.00. The first-order valence-corrected chi connectivity index (χ1v) is 6.30. The van der Waals surface area contributed by atoms with Gasteiger partial charge >= 0.3 is 0 Å². The number of anilines is 1. The monoisotopic (exact) mass is 257 g/mol. The van der Waals surface area contributed by atoms with E-state index in [-0.39, 0.29) is 6.10 Å². The molecule has 0 saturated carbocycles. The van der Waals surface area contributed by atoms with Gasteiger partial charge in [0.25, 0.3) is 0 Å². The molecule has 4 nitrogen and oxygen atoms in total. The van der Waals surface area contributed by atoms with Crippen LogP contribution >= 0.6 is 0 Å². The molecule has 19 heavy (non-hydrogen) atoms. The molecule has 0 aliphatic carbocycles. The first kappa shape index (κ1) is 13.5. The van der Waals surface area contributed by atoms with Crippen LogP contribution in [-0.4, -0.2) is 24.1 Å². The molecule has 1 atom stereocenters. The molecule has 4 heteroatoms. The maximum Gasteiger partial charge on any atom is 0.223 e. The van der Waals surface area contributed by atoms with Crippen LogP contribution < -0.4 is 5.32 Å². The maximum atomic E-state index is 5.35. The van der Waals surface area contributed by atoms with Gasteiger partial charge in [0.1, 0.15) is 0 Å². The van der Waals surface area contributed by atoms with E-state index in [9.17, 15) is 0 Å². The first-order valence-electron chi connectivity index (χ1n) is 6.30. The number of benzene rings is 1. The molecule has 1 aromatic heterocycles. The highest BCUT2D eigenvalue weighted by molar-refractivity contribution is 5.61. The quantitative estimate of drug-likeness (QED) is 0.913. The van der Waals surface area contributed by atoms with Gasteiger partial charge in [-0.2, -0.15) is 0 Å². The Labute approximate surface area is 113 Å². The van der Waals surface area contributed by atoms with Crippen molar-refractivity contribution < 1.29 is 4.74 Å². The highest BCUT2D eigenvalue weighted by atomic mass is 16.5. The van der Waals surface area contributed by atoms with Crippen molar-refractivity contribution in [2.24, 2.45) is 0 Å². The predicted octanol–water partition coefficient (Wildman–Crippen LogP) is 3.20. The van der Waals surface area contributed by atoms with Gasteiger partial charge in [0, 0.05) is 25.4 Å². The lowest BCUT2D eigenvalue weighted by atomic mass is 10.0. The number of ether oxygens (including phenoxy) is 1. The normalized spacial score (nSPS) is 12.2. The molecule has 1 N–H and O–H groups in total. The average Bonchev–Trinajstić information content (AvgIpc) is 2.45. The third-order valence-electron chi connectivity index (χ3n) is 3.08. The van der Waals surface area contributed by atoms with E-state index in [1.165, 1.54) is 0 Å². The molecule has 1 aromatic carbocycles. The summed E-state index contributed by atoms with van der Waals surface area (Å²) in [5, 5.41) is 2.98. The maximum absolute atomic E-state index is 5.35. The summed E-state index contributed by atoms with van der Waals surface area (Å²) in [4.78, 5) is 8.79. The van der Waals surface area contributed by atoms with E-state index in [1.807, 2.05) is 39.1 Å². The molecule has 0 aliphatic rings. The molecule has 0 fully saturated rings. The highest BCUT2D eigenvalue weighted by Crippen LogP contribution is 2.24. The molecule has 1 heterocycles. The van der Waals surface area contributed by atoms with E-state index in [0.717, 1.165) is 22.5 Å². The van der Waals surface area contributed by atoms with Crippen molar-refractivity contribution in [1.29, 1.82) is 0 Å². The molecule has 0 saturated heterocycles. The molecular formula is C15H19N3O. The minimum Gasteiger partial charge on any atom is -0.377 e. The van der Waals surface area contributed by atoms with Gasteiger partial charge in [-0.05, 0) is 31.5 Å². The Bertz CT molecular complexity index is 569. The van der Waals surface area contributed by atoms with Gasteiger partial charge in [-0.25, -0.2) is 9.97 Å². The van der Waals surface area contributed by atoms with Gasteiger partial charge < -0.3 is 10.1 Å².